The zero-order valence-corrected chi connectivity index (χ0v) is 43.8. The Morgan fingerprint density at radius 2 is 1.37 bits per heavy atom. The molecule has 353 valence electrons. The van der Waals surface area contributed by atoms with Crippen LogP contribution in [0.15, 0.2) is 109 Å². The van der Waals surface area contributed by atoms with Gasteiger partial charge in [-0.15, -0.1) is 0 Å². The first-order valence-electron chi connectivity index (χ1n) is 20.4. The first-order valence-corrected chi connectivity index (χ1v) is 26.2. The number of hydrogen-bond acceptors (Lipinski definition) is 12. The van der Waals surface area contributed by atoms with Gasteiger partial charge in [0.25, 0.3) is 30.4 Å². The fourth-order valence-electron chi connectivity index (χ4n) is 9.00. The number of carbonyl (C=O) groups excluding carboxylic acids is 1. The number of unbranched alkanes of at least 4 members (excludes halogenated alkanes) is 2. The zero-order chi connectivity index (χ0) is 48.8. The molecule has 24 heteroatoms. The summed E-state index contributed by atoms with van der Waals surface area (Å²) in [5.74, 6) is -0.146. The Morgan fingerprint density at radius 3 is 1.97 bits per heavy atom. The second-order valence-corrected chi connectivity index (χ2v) is 22.5. The number of azide groups is 1. The number of nitrogens with zero attached hydrogens (tertiary/aromatic N) is 5. The van der Waals surface area contributed by atoms with Gasteiger partial charge >= 0.3 is 0 Å². The largest absolute Gasteiger partial charge is 0.744 e. The van der Waals surface area contributed by atoms with Gasteiger partial charge in [-0.25, -0.2) is 8.42 Å². The van der Waals surface area contributed by atoms with Gasteiger partial charge < -0.3 is 14.8 Å². The maximum absolute atomic E-state index is 12.5. The fraction of sp³-hybridized carbons (Fsp3) is 0.349. The van der Waals surface area contributed by atoms with E-state index in [0.29, 0.717) is 79.1 Å². The van der Waals surface area contributed by atoms with E-state index in [0.717, 1.165) is 11.8 Å². The predicted molar refractivity (Wildman–Crippen MR) is 252 cm³/mol. The van der Waals surface area contributed by atoms with Gasteiger partial charge in [-0.1, -0.05) is 49.7 Å². The van der Waals surface area contributed by atoms with Crippen molar-refractivity contribution in [3.05, 3.63) is 106 Å². The van der Waals surface area contributed by atoms with Crippen molar-refractivity contribution in [2.45, 2.75) is 90.2 Å². The van der Waals surface area contributed by atoms with E-state index in [1.54, 1.807) is 37.4 Å². The predicted octanol–water partition coefficient (Wildman–Crippen LogP) is 6.43. The van der Waals surface area contributed by atoms with Gasteiger partial charge in [0.2, 0.25) is 11.6 Å². The molecule has 6 rings (SSSR count). The van der Waals surface area contributed by atoms with Crippen molar-refractivity contribution in [3.8, 4) is 0 Å². The number of allylic oxidation sites excluding steroid dienone is 6. The molecule has 4 aromatic rings. The molecule has 2 aliphatic heterocycles. The van der Waals surface area contributed by atoms with E-state index in [1.807, 2.05) is 49.3 Å². The number of carbonyl (C=O) groups is 1. The summed E-state index contributed by atoms with van der Waals surface area (Å²) in [6.07, 6.45) is 11.5. The summed E-state index contributed by atoms with van der Waals surface area (Å²) in [4.78, 5) is 14.1. The minimum absolute atomic E-state index is 0. The Kier molecular flexibility index (Phi) is 16.3. The van der Waals surface area contributed by atoms with E-state index in [1.165, 1.54) is 18.2 Å². The number of hydrogen-bond donors (Lipinski definition) is 4. The molecule has 0 atom stereocenters. The zero-order valence-electron chi connectivity index (χ0n) is 37.5. The molecule has 4 N–H and O–H groups in total. The van der Waals surface area contributed by atoms with Crippen LogP contribution in [0.3, 0.4) is 0 Å². The average molecular weight is 1020 g/mol. The molecule has 2 heterocycles. The Balaban J connectivity index is 0.00000840. The van der Waals surface area contributed by atoms with Crippen LogP contribution in [-0.2, 0) is 56.1 Å². The number of rotatable bonds is 17. The van der Waals surface area contributed by atoms with Crippen LogP contribution in [0, 0.1) is 0 Å². The van der Waals surface area contributed by atoms with Crippen molar-refractivity contribution in [1.29, 1.82) is 0 Å². The first kappa shape index (κ1) is 54.1. The van der Waals surface area contributed by atoms with Gasteiger partial charge in [-0.2, -0.15) is 29.8 Å². The van der Waals surface area contributed by atoms with Crippen LogP contribution < -0.4 is 10.2 Å². The van der Waals surface area contributed by atoms with E-state index >= 15 is 0 Å². The summed E-state index contributed by atoms with van der Waals surface area (Å²) >= 11 is 0. The van der Waals surface area contributed by atoms with Crippen LogP contribution in [0.5, 0.6) is 0 Å². The van der Waals surface area contributed by atoms with Gasteiger partial charge in [0.1, 0.15) is 22.1 Å². The molecule has 4 aromatic carbocycles. The molecule has 1 amide bonds. The monoisotopic (exact) mass is 1020 g/mol. The molecule has 0 aromatic heterocycles. The molecule has 0 fully saturated rings. The number of fused-ring (bicyclic) bond motifs is 6. The summed E-state index contributed by atoms with van der Waals surface area (Å²) in [6, 6.07) is 9.85. The van der Waals surface area contributed by atoms with Crippen molar-refractivity contribution in [3.63, 3.8) is 0 Å². The molecule has 0 bridgehead atoms. The summed E-state index contributed by atoms with van der Waals surface area (Å²) in [5.41, 5.74) is 10.3. The number of benzene rings is 4. The Labute approximate surface area is 431 Å². The molecular weight excluding hydrogens is 976 g/mol. The number of amides is 1. The van der Waals surface area contributed by atoms with Crippen LogP contribution in [0.4, 0.5) is 11.4 Å². The fourth-order valence-corrected chi connectivity index (χ4v) is 11.7. The van der Waals surface area contributed by atoms with Crippen LogP contribution in [0.25, 0.3) is 32.0 Å². The van der Waals surface area contributed by atoms with Crippen molar-refractivity contribution >= 4 is 136 Å². The average Bonchev–Trinajstić information content (AvgIpc) is 3.55. The molecule has 0 saturated heterocycles. The third-order valence-electron chi connectivity index (χ3n) is 11.9. The van der Waals surface area contributed by atoms with Crippen LogP contribution in [-0.4, -0.2) is 146 Å². The smallest absolute Gasteiger partial charge is 0.295 e. The third-order valence-corrected chi connectivity index (χ3v) is 15.3. The molecule has 0 aliphatic carbocycles. The Morgan fingerprint density at radius 1 is 0.776 bits per heavy atom. The van der Waals surface area contributed by atoms with Gasteiger partial charge in [0, 0.05) is 122 Å². The van der Waals surface area contributed by atoms with Gasteiger partial charge in [-0.05, 0) is 103 Å². The Bertz CT molecular complexity index is 3340. The molecule has 1 radical (unpaired) electrons. The summed E-state index contributed by atoms with van der Waals surface area (Å²) in [5, 5.41) is 6.60. The Hall–Kier alpha value is -3.85. The summed E-state index contributed by atoms with van der Waals surface area (Å²) in [6.45, 7) is 8.47. The minimum atomic E-state index is -5.21. The van der Waals surface area contributed by atoms with Crippen LogP contribution in [0.1, 0.15) is 70.9 Å². The molecule has 2 aliphatic rings. The van der Waals surface area contributed by atoms with Crippen molar-refractivity contribution in [1.82, 2.24) is 5.32 Å². The van der Waals surface area contributed by atoms with Crippen molar-refractivity contribution in [2.24, 2.45) is 5.11 Å². The molecule has 0 saturated carbocycles. The molecule has 67 heavy (non-hydrogen) atoms. The third kappa shape index (κ3) is 11.3. The molecular formula is C43H48KN6O13S4. The molecule has 0 unspecified atom stereocenters. The van der Waals surface area contributed by atoms with Crippen molar-refractivity contribution in [2.75, 3.05) is 31.6 Å². The molecule has 19 nitrogen and oxygen atoms in total. The van der Waals surface area contributed by atoms with Crippen LogP contribution in [0.2, 0.25) is 0 Å². The topological polar surface area (TPSA) is 304 Å². The van der Waals surface area contributed by atoms with E-state index in [2.05, 4.69) is 15.3 Å². The standard InChI is InChI=1S/C43H48N6O13S4.K/c1-42(2)37(48(5)33-18-16-29-31(40(33)42)23-27(63(51,52)53)25-35(29)65(57,58)59)13-8-6-9-14-38-43(3,4)41-32-24-28(64(54,55)56)26-36(66(60,61)62)30(32)17-19-34(41)49(38)22-11-7-10-15-39(50)45-20-12-21-46-47-44;/h6,8-9,13-14,16-19,23-26H,7,10-12,15,20-22H2,1-5H3,(H4-,45,50,51,52,53,54,55,56,57,58,59,60,61,62);. The van der Waals surface area contributed by atoms with Crippen LogP contribution >= 0.6 is 0 Å². The quantitative estimate of drug-likeness (QED) is 0.0129. The second-order valence-electron chi connectivity index (χ2n) is 16.9. The second kappa shape index (κ2) is 20.2. The SMILES string of the molecule is C[N+]1=C(C=CC=CC=C2N(CCCCCC(=O)NCCCN=[N+]=[N-])c3ccc4c(S(=O)(=O)[O-])cc(S(=O)(=O)O)cc4c3C2(C)C)C(C)(C)c2c1ccc1c(S(=O)(=O)O)cc(S(=O)(=O)O)cc21.[K]. The van der Waals surface area contributed by atoms with E-state index < -0.39 is 70.9 Å². The summed E-state index contributed by atoms with van der Waals surface area (Å²) < 4.78 is 143. The van der Waals surface area contributed by atoms with E-state index in [9.17, 15) is 56.7 Å². The van der Waals surface area contributed by atoms with E-state index in [4.69, 9.17) is 5.53 Å². The number of nitrogens with one attached hydrogen (secondary N) is 1. The number of anilines is 1. The van der Waals surface area contributed by atoms with Crippen molar-refractivity contribution < 1.29 is 61.3 Å². The normalized spacial score (nSPS) is 16.5. The minimum Gasteiger partial charge on any atom is -0.744 e. The summed E-state index contributed by atoms with van der Waals surface area (Å²) in [7, 11) is -18.2. The maximum atomic E-state index is 12.5. The van der Waals surface area contributed by atoms with E-state index in [-0.39, 0.29) is 91.8 Å². The van der Waals surface area contributed by atoms with Gasteiger partial charge in [-0.3, -0.25) is 18.5 Å². The van der Waals surface area contributed by atoms with Gasteiger partial charge in [0.05, 0.1) is 20.1 Å². The maximum Gasteiger partial charge on any atom is 0.295 e. The molecule has 0 spiro atoms. The first-order chi connectivity index (χ1) is 30.6. The van der Waals surface area contributed by atoms with Gasteiger partial charge in [0.15, 0.2) is 5.71 Å².